The number of phenolic OH excluding ortho intramolecular Hbond substituents is 1. The minimum absolute atomic E-state index is 0.0756. The first kappa shape index (κ1) is 21.9. The first-order valence-electron chi connectivity index (χ1n) is 9.40. The summed E-state index contributed by atoms with van der Waals surface area (Å²) in [5.41, 5.74) is 2.24. The van der Waals surface area contributed by atoms with Crippen LogP contribution in [0, 0.1) is 10.8 Å². The summed E-state index contributed by atoms with van der Waals surface area (Å²) >= 11 is 0. The second-order valence-corrected chi connectivity index (χ2v) is 11.3. The third-order valence-electron chi connectivity index (χ3n) is 4.72. The van der Waals surface area contributed by atoms with Crippen molar-refractivity contribution in [2.75, 3.05) is 7.11 Å². The number of hydrogen-bond acceptors (Lipinski definition) is 2. The zero-order valence-electron chi connectivity index (χ0n) is 18.4. The molecule has 0 aliphatic heterocycles. The lowest BCUT2D eigenvalue weighted by molar-refractivity contribution is 0.269. The van der Waals surface area contributed by atoms with Gasteiger partial charge in [-0.05, 0) is 46.6 Å². The van der Waals surface area contributed by atoms with Crippen LogP contribution in [-0.4, -0.2) is 12.2 Å². The van der Waals surface area contributed by atoms with E-state index < -0.39 is 0 Å². The fourth-order valence-corrected chi connectivity index (χ4v) is 4.65. The lowest BCUT2D eigenvalue weighted by Gasteiger charge is -2.36. The van der Waals surface area contributed by atoms with Gasteiger partial charge in [-0.1, -0.05) is 69.2 Å². The van der Waals surface area contributed by atoms with E-state index >= 15 is 0 Å². The van der Waals surface area contributed by atoms with Crippen molar-refractivity contribution in [1.29, 1.82) is 0 Å². The highest BCUT2D eigenvalue weighted by Gasteiger charge is 2.34. The highest BCUT2D eigenvalue weighted by Crippen LogP contribution is 2.46. The van der Waals surface area contributed by atoms with Gasteiger partial charge < -0.3 is 9.84 Å². The maximum Gasteiger partial charge on any atom is 0.123 e. The Labute approximate surface area is 156 Å². The molecule has 1 aromatic carbocycles. The third-order valence-corrected chi connectivity index (χ3v) is 4.72. The van der Waals surface area contributed by atoms with Crippen LogP contribution in [0.15, 0.2) is 12.1 Å². The molecule has 0 aromatic heterocycles. The molecule has 0 aliphatic rings. The van der Waals surface area contributed by atoms with Crippen LogP contribution < -0.4 is 4.74 Å². The molecule has 144 valence electrons. The Morgan fingerprint density at radius 3 is 1.48 bits per heavy atom. The zero-order chi connectivity index (χ0) is 19.8. The molecule has 1 rings (SSSR count). The molecule has 0 fully saturated rings. The number of ether oxygens (including phenoxy) is 1. The van der Waals surface area contributed by atoms with Crippen LogP contribution in [0.1, 0.15) is 93.2 Å². The summed E-state index contributed by atoms with van der Waals surface area (Å²) in [6.45, 7) is 22.3. The molecule has 0 amide bonds. The number of hydrogen-bond donors (Lipinski definition) is 1. The molecule has 0 atom stereocenters. The maximum atomic E-state index is 10.8. The normalized spacial score (nSPS) is 13.9. The standard InChI is InChI=1S/C23H40O2/c1-20(2,3)14-22(7,8)16-13-19(25-11)17(12-18(16)24)23(9,10)15-21(4,5)6/h12-13,24H,14-15H2,1-11H3. The van der Waals surface area contributed by atoms with E-state index in [0.29, 0.717) is 5.75 Å². The van der Waals surface area contributed by atoms with Crippen LogP contribution in [0.25, 0.3) is 0 Å². The van der Waals surface area contributed by atoms with Crippen LogP contribution in [0.5, 0.6) is 11.5 Å². The van der Waals surface area contributed by atoms with E-state index in [-0.39, 0.29) is 21.7 Å². The average Bonchev–Trinajstić information content (AvgIpc) is 2.32. The van der Waals surface area contributed by atoms with Crippen LogP contribution in [0.2, 0.25) is 0 Å². The Hall–Kier alpha value is -1.18. The van der Waals surface area contributed by atoms with Gasteiger partial charge in [0.1, 0.15) is 11.5 Å². The SMILES string of the molecule is COc1cc(C(C)(C)CC(C)(C)C)c(O)cc1C(C)(C)CC(C)(C)C. The minimum atomic E-state index is -0.123. The van der Waals surface area contributed by atoms with Crippen molar-refractivity contribution >= 4 is 0 Å². The molecule has 0 saturated heterocycles. The van der Waals surface area contributed by atoms with Crippen molar-refractivity contribution in [2.24, 2.45) is 10.8 Å². The predicted molar refractivity (Wildman–Crippen MR) is 109 cm³/mol. The summed E-state index contributed by atoms with van der Waals surface area (Å²) in [6.07, 6.45) is 2.00. The molecule has 1 aromatic rings. The summed E-state index contributed by atoms with van der Waals surface area (Å²) < 4.78 is 5.76. The van der Waals surface area contributed by atoms with Crippen LogP contribution >= 0.6 is 0 Å². The predicted octanol–water partition coefficient (Wildman–Crippen LogP) is 6.83. The fourth-order valence-electron chi connectivity index (χ4n) is 4.65. The molecule has 2 heteroatoms. The second kappa shape index (κ2) is 6.85. The van der Waals surface area contributed by atoms with Gasteiger partial charge in [-0.15, -0.1) is 0 Å². The number of phenols is 1. The Morgan fingerprint density at radius 1 is 0.720 bits per heavy atom. The van der Waals surface area contributed by atoms with Crippen LogP contribution in [-0.2, 0) is 10.8 Å². The Morgan fingerprint density at radius 2 is 1.12 bits per heavy atom. The Kier molecular flexibility index (Phi) is 5.99. The lowest BCUT2D eigenvalue weighted by Crippen LogP contribution is -2.27. The van der Waals surface area contributed by atoms with Gasteiger partial charge in [0, 0.05) is 11.1 Å². The first-order valence-corrected chi connectivity index (χ1v) is 9.40. The largest absolute Gasteiger partial charge is 0.508 e. The number of methoxy groups -OCH3 is 1. The van der Waals surface area contributed by atoms with Gasteiger partial charge >= 0.3 is 0 Å². The maximum absolute atomic E-state index is 10.8. The van der Waals surface area contributed by atoms with E-state index in [4.69, 9.17) is 4.74 Å². The quantitative estimate of drug-likeness (QED) is 0.632. The molecule has 0 unspecified atom stereocenters. The van der Waals surface area contributed by atoms with Crippen molar-refractivity contribution in [3.05, 3.63) is 23.3 Å². The van der Waals surface area contributed by atoms with Gasteiger partial charge in [0.05, 0.1) is 7.11 Å². The number of aromatic hydroxyl groups is 1. The molecule has 1 N–H and O–H groups in total. The van der Waals surface area contributed by atoms with Crippen molar-refractivity contribution in [2.45, 2.75) is 92.9 Å². The second-order valence-electron chi connectivity index (χ2n) is 11.3. The Bertz CT molecular complexity index is 596. The van der Waals surface area contributed by atoms with E-state index in [0.717, 1.165) is 29.7 Å². The van der Waals surface area contributed by atoms with Crippen LogP contribution in [0.3, 0.4) is 0 Å². The van der Waals surface area contributed by atoms with Crippen molar-refractivity contribution in [3.8, 4) is 11.5 Å². The van der Waals surface area contributed by atoms with E-state index in [1.54, 1.807) is 7.11 Å². The van der Waals surface area contributed by atoms with Crippen molar-refractivity contribution in [1.82, 2.24) is 0 Å². The van der Waals surface area contributed by atoms with E-state index in [1.165, 1.54) is 0 Å². The van der Waals surface area contributed by atoms with Gasteiger partial charge in [-0.2, -0.15) is 0 Å². The highest BCUT2D eigenvalue weighted by molar-refractivity contribution is 5.51. The van der Waals surface area contributed by atoms with Crippen LogP contribution in [0.4, 0.5) is 0 Å². The molecule has 0 aliphatic carbocycles. The zero-order valence-corrected chi connectivity index (χ0v) is 18.4. The van der Waals surface area contributed by atoms with Crippen molar-refractivity contribution < 1.29 is 9.84 Å². The number of benzene rings is 1. The smallest absolute Gasteiger partial charge is 0.123 e. The molecule has 0 radical (unpaired) electrons. The minimum Gasteiger partial charge on any atom is -0.508 e. The van der Waals surface area contributed by atoms with E-state index in [1.807, 2.05) is 6.07 Å². The molecule has 0 heterocycles. The van der Waals surface area contributed by atoms with Gasteiger partial charge in [0.25, 0.3) is 0 Å². The first-order chi connectivity index (χ1) is 11.0. The molecule has 25 heavy (non-hydrogen) atoms. The summed E-state index contributed by atoms with van der Waals surface area (Å²) in [5, 5.41) is 10.8. The van der Waals surface area contributed by atoms with Gasteiger partial charge in [0.2, 0.25) is 0 Å². The lowest BCUT2D eigenvalue weighted by atomic mass is 9.69. The fraction of sp³-hybridized carbons (Fsp3) is 0.739. The summed E-state index contributed by atoms with van der Waals surface area (Å²) in [6, 6.07) is 3.99. The third kappa shape index (κ3) is 5.94. The molecular formula is C23H40O2. The van der Waals surface area contributed by atoms with Gasteiger partial charge in [-0.25, -0.2) is 0 Å². The summed E-state index contributed by atoms with van der Waals surface area (Å²) in [5.74, 6) is 1.26. The molecule has 0 saturated carbocycles. The molecule has 2 nitrogen and oxygen atoms in total. The molecular weight excluding hydrogens is 308 g/mol. The van der Waals surface area contributed by atoms with Gasteiger partial charge in [-0.3, -0.25) is 0 Å². The summed E-state index contributed by atoms with van der Waals surface area (Å²) in [4.78, 5) is 0. The van der Waals surface area contributed by atoms with Crippen molar-refractivity contribution in [3.63, 3.8) is 0 Å². The average molecular weight is 349 g/mol. The molecule has 0 spiro atoms. The number of rotatable bonds is 5. The molecule has 0 bridgehead atoms. The van der Waals surface area contributed by atoms with E-state index in [2.05, 4.69) is 75.3 Å². The highest BCUT2D eigenvalue weighted by atomic mass is 16.5. The monoisotopic (exact) mass is 348 g/mol. The Balaban J connectivity index is 3.43. The topological polar surface area (TPSA) is 29.5 Å². The summed E-state index contributed by atoms with van der Waals surface area (Å²) in [7, 11) is 1.73. The van der Waals surface area contributed by atoms with E-state index in [9.17, 15) is 5.11 Å². The van der Waals surface area contributed by atoms with Gasteiger partial charge in [0.15, 0.2) is 0 Å².